The van der Waals surface area contributed by atoms with Crippen LogP contribution in [-0.4, -0.2) is 37.1 Å². The number of H-pyrrole nitrogens is 1. The van der Waals surface area contributed by atoms with E-state index in [1.54, 1.807) is 11.0 Å². The second-order valence-electron chi connectivity index (χ2n) is 6.61. The van der Waals surface area contributed by atoms with Crippen LogP contribution in [0.2, 0.25) is 0 Å². The number of aromatic amines is 1. The van der Waals surface area contributed by atoms with Gasteiger partial charge in [0, 0.05) is 19.2 Å². The molecule has 0 bridgehead atoms. The number of nitrogens with one attached hydrogen (secondary N) is 1. The van der Waals surface area contributed by atoms with Crippen LogP contribution in [0.15, 0.2) is 23.4 Å². The van der Waals surface area contributed by atoms with Crippen LogP contribution in [0.3, 0.4) is 0 Å². The fraction of sp³-hybridized carbons (Fsp3) is 0.529. The largest absolute Gasteiger partial charge is 0.332 e. The highest BCUT2D eigenvalue weighted by molar-refractivity contribution is 5.92. The summed E-state index contributed by atoms with van der Waals surface area (Å²) < 4.78 is 1.94. The van der Waals surface area contributed by atoms with Gasteiger partial charge in [0.25, 0.3) is 11.5 Å². The Kier molecular flexibility index (Phi) is 3.92. The van der Waals surface area contributed by atoms with Crippen molar-refractivity contribution in [2.75, 3.05) is 6.54 Å². The second kappa shape index (κ2) is 6.22. The maximum atomic E-state index is 12.7. The van der Waals surface area contributed by atoms with E-state index in [0.29, 0.717) is 36.8 Å². The van der Waals surface area contributed by atoms with Crippen LogP contribution in [-0.2, 0) is 13.0 Å². The molecule has 1 aliphatic carbocycles. The minimum Gasteiger partial charge on any atom is -0.332 e. The minimum atomic E-state index is -0.162. The van der Waals surface area contributed by atoms with Crippen molar-refractivity contribution in [3.63, 3.8) is 0 Å². The van der Waals surface area contributed by atoms with Crippen molar-refractivity contribution in [1.82, 2.24) is 24.6 Å². The predicted molar refractivity (Wildman–Crippen MR) is 87.7 cm³/mol. The molecule has 1 N–H and O–H groups in total. The van der Waals surface area contributed by atoms with Crippen LogP contribution < -0.4 is 5.56 Å². The first-order valence-electron chi connectivity index (χ1n) is 8.62. The van der Waals surface area contributed by atoms with Gasteiger partial charge in [-0.25, -0.2) is 4.98 Å². The molecule has 1 amide bonds. The monoisotopic (exact) mass is 327 g/mol. The molecule has 0 saturated heterocycles. The lowest BCUT2D eigenvalue weighted by atomic mass is 9.96. The van der Waals surface area contributed by atoms with Gasteiger partial charge in [-0.2, -0.15) is 5.10 Å². The third kappa shape index (κ3) is 2.74. The van der Waals surface area contributed by atoms with E-state index < -0.39 is 0 Å². The molecule has 1 fully saturated rings. The Balaban J connectivity index is 1.51. The lowest BCUT2D eigenvalue weighted by Gasteiger charge is -2.26. The molecule has 2 aliphatic rings. The van der Waals surface area contributed by atoms with Gasteiger partial charge in [0.15, 0.2) is 0 Å². The number of hydrogen-bond donors (Lipinski definition) is 1. The molecule has 2 aromatic heterocycles. The summed E-state index contributed by atoms with van der Waals surface area (Å²) in [4.78, 5) is 33.1. The average Bonchev–Trinajstić information content (AvgIpc) is 3.12. The fourth-order valence-corrected chi connectivity index (χ4v) is 3.69. The molecule has 4 rings (SSSR count). The van der Waals surface area contributed by atoms with E-state index in [2.05, 4.69) is 15.1 Å². The van der Waals surface area contributed by atoms with Crippen LogP contribution in [0, 0.1) is 0 Å². The van der Waals surface area contributed by atoms with Gasteiger partial charge in [-0.15, -0.1) is 0 Å². The summed E-state index contributed by atoms with van der Waals surface area (Å²) in [7, 11) is 0. The number of nitrogens with zero attached hydrogens (tertiary/aromatic N) is 4. The van der Waals surface area contributed by atoms with Crippen LogP contribution in [0.25, 0.3) is 0 Å². The first-order valence-corrected chi connectivity index (χ1v) is 8.62. The van der Waals surface area contributed by atoms with Gasteiger partial charge >= 0.3 is 0 Å². The van der Waals surface area contributed by atoms with E-state index in [-0.39, 0.29) is 11.5 Å². The highest BCUT2D eigenvalue weighted by atomic mass is 16.2. The molecule has 0 radical (unpaired) electrons. The van der Waals surface area contributed by atoms with Crippen molar-refractivity contribution in [1.29, 1.82) is 0 Å². The third-order valence-electron chi connectivity index (χ3n) is 5.07. The van der Waals surface area contributed by atoms with Gasteiger partial charge in [-0.05, 0) is 18.9 Å². The van der Waals surface area contributed by atoms with Crippen molar-refractivity contribution in [2.24, 2.45) is 0 Å². The molecule has 1 aliphatic heterocycles. The molecule has 3 heterocycles. The van der Waals surface area contributed by atoms with Crippen molar-refractivity contribution in [3.05, 3.63) is 45.9 Å². The normalized spacial score (nSPS) is 18.4. The smallest absolute Gasteiger partial charge is 0.274 e. The van der Waals surface area contributed by atoms with E-state index in [4.69, 9.17) is 0 Å². The maximum Gasteiger partial charge on any atom is 0.274 e. The van der Waals surface area contributed by atoms with Crippen molar-refractivity contribution in [3.8, 4) is 0 Å². The molecule has 1 saturated carbocycles. The molecule has 0 aromatic carbocycles. The Labute approximate surface area is 139 Å². The van der Waals surface area contributed by atoms with E-state index in [9.17, 15) is 9.59 Å². The molecule has 7 nitrogen and oxygen atoms in total. The lowest BCUT2D eigenvalue weighted by molar-refractivity contribution is 0.0725. The Bertz CT molecular complexity index is 803. The van der Waals surface area contributed by atoms with Crippen molar-refractivity contribution < 1.29 is 4.79 Å². The predicted octanol–water partition coefficient (Wildman–Crippen LogP) is 1.67. The second-order valence-corrected chi connectivity index (χ2v) is 6.61. The van der Waals surface area contributed by atoms with Crippen LogP contribution >= 0.6 is 0 Å². The van der Waals surface area contributed by atoms with E-state index in [1.807, 2.05) is 10.9 Å². The van der Waals surface area contributed by atoms with Gasteiger partial charge in [-0.3, -0.25) is 14.3 Å². The standard InChI is InChI=1S/C17H21N5O2/c23-16-13-10-21(8-6-14(13)18-11-19-16)17(24)15-7-9-22(20-15)12-4-2-1-3-5-12/h7,9,11-12H,1-6,8,10H2,(H,18,19,23). The lowest BCUT2D eigenvalue weighted by Crippen LogP contribution is -2.39. The van der Waals surface area contributed by atoms with E-state index in [1.165, 1.54) is 25.6 Å². The number of carbonyl (C=O) groups is 1. The van der Waals surface area contributed by atoms with Crippen molar-refractivity contribution >= 4 is 5.91 Å². The number of aromatic nitrogens is 4. The molecule has 0 spiro atoms. The Hall–Kier alpha value is -2.44. The number of fused-ring (bicyclic) bond motifs is 1. The summed E-state index contributed by atoms with van der Waals surface area (Å²) >= 11 is 0. The zero-order valence-corrected chi connectivity index (χ0v) is 13.6. The molecule has 7 heteroatoms. The van der Waals surface area contributed by atoms with E-state index in [0.717, 1.165) is 18.5 Å². The number of rotatable bonds is 2. The topological polar surface area (TPSA) is 83.9 Å². The van der Waals surface area contributed by atoms with Gasteiger partial charge in [0.2, 0.25) is 0 Å². The zero-order chi connectivity index (χ0) is 16.5. The number of amides is 1. The fourth-order valence-electron chi connectivity index (χ4n) is 3.69. The summed E-state index contributed by atoms with van der Waals surface area (Å²) in [6, 6.07) is 2.20. The van der Waals surface area contributed by atoms with Gasteiger partial charge < -0.3 is 9.88 Å². The van der Waals surface area contributed by atoms with E-state index >= 15 is 0 Å². The highest BCUT2D eigenvalue weighted by Crippen LogP contribution is 2.27. The summed E-state index contributed by atoms with van der Waals surface area (Å²) in [5.41, 5.74) is 1.67. The number of carbonyl (C=O) groups excluding carboxylic acids is 1. The molecule has 0 unspecified atom stereocenters. The summed E-state index contributed by atoms with van der Waals surface area (Å²) in [5.74, 6) is -0.113. The molecular formula is C17H21N5O2. The first-order chi connectivity index (χ1) is 11.7. The van der Waals surface area contributed by atoms with Gasteiger partial charge in [0.05, 0.1) is 30.2 Å². The minimum absolute atomic E-state index is 0.113. The van der Waals surface area contributed by atoms with Gasteiger partial charge in [-0.1, -0.05) is 19.3 Å². The summed E-state index contributed by atoms with van der Waals surface area (Å²) in [6.45, 7) is 0.867. The van der Waals surface area contributed by atoms with Crippen LogP contribution in [0.4, 0.5) is 0 Å². The molecule has 24 heavy (non-hydrogen) atoms. The van der Waals surface area contributed by atoms with Crippen molar-refractivity contribution in [2.45, 2.75) is 51.1 Å². The quantitative estimate of drug-likeness (QED) is 0.909. The Morgan fingerprint density at radius 3 is 2.92 bits per heavy atom. The summed E-state index contributed by atoms with van der Waals surface area (Å²) in [6.07, 6.45) is 9.95. The maximum absolute atomic E-state index is 12.7. The molecular weight excluding hydrogens is 306 g/mol. The zero-order valence-electron chi connectivity index (χ0n) is 13.6. The first kappa shape index (κ1) is 15.1. The molecule has 126 valence electrons. The van der Waals surface area contributed by atoms with Gasteiger partial charge in [0.1, 0.15) is 5.69 Å². The molecule has 0 atom stereocenters. The third-order valence-corrected chi connectivity index (χ3v) is 5.07. The van der Waals surface area contributed by atoms with Crippen LogP contribution in [0.1, 0.15) is 59.9 Å². The SMILES string of the molecule is O=C(c1ccn(C2CCCCC2)n1)N1CCc2nc[nH]c(=O)c2C1. The highest BCUT2D eigenvalue weighted by Gasteiger charge is 2.26. The summed E-state index contributed by atoms with van der Waals surface area (Å²) in [5, 5.41) is 4.51. The van der Waals surface area contributed by atoms with Crippen LogP contribution in [0.5, 0.6) is 0 Å². The number of hydrogen-bond acceptors (Lipinski definition) is 4. The Morgan fingerprint density at radius 2 is 2.08 bits per heavy atom. The average molecular weight is 327 g/mol. The molecule has 2 aromatic rings. The Morgan fingerprint density at radius 1 is 1.25 bits per heavy atom.